The maximum absolute atomic E-state index is 11.6. The number of carbonyl (C=O) groups is 1. The van der Waals surface area contributed by atoms with Gasteiger partial charge in [0.25, 0.3) is 0 Å². The van der Waals surface area contributed by atoms with Gasteiger partial charge in [-0.2, -0.15) is 10.2 Å². The molecule has 0 aliphatic carbocycles. The fraction of sp³-hybridized carbons (Fsp3) is 0.0667. The summed E-state index contributed by atoms with van der Waals surface area (Å²) in [6, 6.07) is 16.9. The van der Waals surface area contributed by atoms with Gasteiger partial charge in [-0.1, -0.05) is 29.8 Å². The van der Waals surface area contributed by atoms with Crippen LogP contribution in [0.3, 0.4) is 0 Å². The second kappa shape index (κ2) is 5.46. The normalized spacial score (nSPS) is 13.9. The number of ketones is 1. The van der Waals surface area contributed by atoms with Crippen molar-refractivity contribution in [3.63, 3.8) is 0 Å². The molecule has 1 aliphatic rings. The van der Waals surface area contributed by atoms with Crippen molar-refractivity contribution in [1.29, 1.82) is 0 Å². The molecule has 6 heteroatoms. The molecule has 0 saturated heterocycles. The minimum Gasteiger partial charge on any atom is -0.291 e. The molecule has 0 atom stereocenters. The van der Waals surface area contributed by atoms with Crippen LogP contribution in [0, 0.1) is 0 Å². The average Bonchev–Trinajstić information content (AvgIpc) is 2.94. The quantitative estimate of drug-likeness (QED) is 0.946. The first-order valence-electron chi connectivity index (χ1n) is 6.42. The molecule has 1 heterocycles. The minimum absolute atomic E-state index is 0.132. The molecular weight excluding hydrogens is 288 g/mol. The van der Waals surface area contributed by atoms with E-state index in [0.29, 0.717) is 5.02 Å². The highest BCUT2D eigenvalue weighted by Crippen LogP contribution is 2.25. The molecule has 3 rings (SSSR count). The zero-order valence-corrected chi connectivity index (χ0v) is 12.1. The van der Waals surface area contributed by atoms with Crippen LogP contribution in [0.1, 0.15) is 6.92 Å². The SMILES string of the molecule is CC(=O)C1=NN(c2ccccc2)N(c2ccc(Cl)cc2)N1. The molecule has 21 heavy (non-hydrogen) atoms. The minimum atomic E-state index is -0.132. The van der Waals surface area contributed by atoms with Crippen molar-refractivity contribution in [1.82, 2.24) is 5.43 Å². The Bertz CT molecular complexity index is 685. The van der Waals surface area contributed by atoms with Crippen LogP contribution in [0.25, 0.3) is 0 Å². The van der Waals surface area contributed by atoms with E-state index in [1.165, 1.54) is 6.92 Å². The number of hydrogen-bond acceptors (Lipinski definition) is 5. The van der Waals surface area contributed by atoms with Crippen molar-refractivity contribution in [3.05, 3.63) is 59.6 Å². The van der Waals surface area contributed by atoms with Gasteiger partial charge in [0.05, 0.1) is 11.4 Å². The van der Waals surface area contributed by atoms with Crippen LogP contribution in [0.2, 0.25) is 5.02 Å². The fourth-order valence-corrected chi connectivity index (χ4v) is 2.08. The summed E-state index contributed by atoms with van der Waals surface area (Å²) in [5, 5.41) is 8.31. The molecule has 0 amide bonds. The summed E-state index contributed by atoms with van der Waals surface area (Å²) in [5.41, 5.74) is 4.66. The third kappa shape index (κ3) is 2.68. The van der Waals surface area contributed by atoms with E-state index in [1.807, 2.05) is 42.5 Å². The third-order valence-electron chi connectivity index (χ3n) is 2.99. The lowest BCUT2D eigenvalue weighted by Gasteiger charge is -2.27. The molecule has 1 N–H and O–H groups in total. The Balaban J connectivity index is 1.99. The van der Waals surface area contributed by atoms with E-state index in [-0.39, 0.29) is 11.6 Å². The van der Waals surface area contributed by atoms with Crippen molar-refractivity contribution < 1.29 is 4.79 Å². The van der Waals surface area contributed by atoms with E-state index in [0.717, 1.165) is 11.4 Å². The zero-order chi connectivity index (χ0) is 14.8. The Kier molecular flexibility index (Phi) is 3.50. The van der Waals surface area contributed by atoms with Gasteiger partial charge in [-0.05, 0) is 36.4 Å². The number of hydrazine groups is 2. The number of para-hydroxylation sites is 1. The van der Waals surface area contributed by atoms with Crippen LogP contribution < -0.4 is 15.7 Å². The monoisotopic (exact) mass is 300 g/mol. The van der Waals surface area contributed by atoms with Gasteiger partial charge in [0, 0.05) is 11.9 Å². The van der Waals surface area contributed by atoms with Gasteiger partial charge in [0.2, 0.25) is 5.84 Å². The van der Waals surface area contributed by atoms with Crippen molar-refractivity contribution in [3.8, 4) is 0 Å². The molecule has 1 aliphatic heterocycles. The summed E-state index contributed by atoms with van der Waals surface area (Å²) in [6.45, 7) is 1.47. The second-order valence-corrected chi connectivity index (χ2v) is 4.97. The maximum Gasteiger partial charge on any atom is 0.211 e. The van der Waals surface area contributed by atoms with Crippen LogP contribution >= 0.6 is 11.6 Å². The molecule has 2 aromatic carbocycles. The molecule has 0 fully saturated rings. The average molecular weight is 301 g/mol. The zero-order valence-electron chi connectivity index (χ0n) is 11.3. The molecule has 2 aromatic rings. The molecule has 0 radical (unpaired) electrons. The van der Waals surface area contributed by atoms with Crippen LogP contribution in [-0.2, 0) is 4.79 Å². The molecule has 0 aromatic heterocycles. The predicted octanol–water partition coefficient (Wildman–Crippen LogP) is 2.99. The summed E-state index contributed by atoms with van der Waals surface area (Å²) in [7, 11) is 0. The van der Waals surface area contributed by atoms with Crippen molar-refractivity contribution in [2.45, 2.75) is 6.92 Å². The number of anilines is 2. The van der Waals surface area contributed by atoms with E-state index >= 15 is 0 Å². The van der Waals surface area contributed by atoms with Crippen molar-refractivity contribution in [2.75, 3.05) is 10.2 Å². The first-order valence-corrected chi connectivity index (χ1v) is 6.80. The number of rotatable bonds is 3. The highest BCUT2D eigenvalue weighted by molar-refractivity contribution is 6.39. The van der Waals surface area contributed by atoms with E-state index in [2.05, 4.69) is 10.5 Å². The van der Waals surface area contributed by atoms with Gasteiger partial charge in [-0.15, -0.1) is 5.10 Å². The standard InChI is InChI=1S/C15H13ClN4O/c1-11(21)15-17-19(13-5-3-2-4-6-13)20(18-15)14-9-7-12(16)8-10-14/h2-10H,1H3,(H,17,18). The fourth-order valence-electron chi connectivity index (χ4n) is 1.95. The number of amidine groups is 1. The van der Waals surface area contributed by atoms with Crippen molar-refractivity contribution >= 4 is 34.6 Å². The Morgan fingerprint density at radius 2 is 1.71 bits per heavy atom. The summed E-state index contributed by atoms with van der Waals surface area (Å²) >= 11 is 5.92. The van der Waals surface area contributed by atoms with Crippen LogP contribution in [0.4, 0.5) is 11.4 Å². The lowest BCUT2D eigenvalue weighted by molar-refractivity contribution is -0.111. The van der Waals surface area contributed by atoms with Gasteiger partial charge in [0.15, 0.2) is 5.78 Å². The van der Waals surface area contributed by atoms with Gasteiger partial charge >= 0.3 is 0 Å². The largest absolute Gasteiger partial charge is 0.291 e. The van der Waals surface area contributed by atoms with E-state index in [9.17, 15) is 4.79 Å². The van der Waals surface area contributed by atoms with Gasteiger partial charge in [0.1, 0.15) is 0 Å². The lowest BCUT2D eigenvalue weighted by Crippen LogP contribution is -2.45. The van der Waals surface area contributed by atoms with Crippen LogP contribution in [-0.4, -0.2) is 11.6 Å². The predicted molar refractivity (Wildman–Crippen MR) is 84.1 cm³/mol. The summed E-state index contributed by atoms with van der Waals surface area (Å²) in [4.78, 5) is 11.6. The summed E-state index contributed by atoms with van der Waals surface area (Å²) < 4.78 is 0. The van der Waals surface area contributed by atoms with Gasteiger partial charge < -0.3 is 0 Å². The number of halogens is 1. The Morgan fingerprint density at radius 1 is 1.05 bits per heavy atom. The Morgan fingerprint density at radius 3 is 2.33 bits per heavy atom. The number of nitrogens with one attached hydrogen (secondary N) is 1. The molecule has 0 saturated carbocycles. The molecule has 0 bridgehead atoms. The van der Waals surface area contributed by atoms with Gasteiger partial charge in [-0.3, -0.25) is 10.2 Å². The highest BCUT2D eigenvalue weighted by atomic mass is 35.5. The molecule has 106 valence electrons. The molecule has 0 spiro atoms. The van der Waals surface area contributed by atoms with Crippen molar-refractivity contribution in [2.24, 2.45) is 5.10 Å². The highest BCUT2D eigenvalue weighted by Gasteiger charge is 2.27. The third-order valence-corrected chi connectivity index (χ3v) is 3.24. The molecular formula is C15H13ClN4O. The summed E-state index contributed by atoms with van der Waals surface area (Å²) in [5.74, 6) is 0.154. The number of hydrazone groups is 1. The second-order valence-electron chi connectivity index (χ2n) is 4.53. The van der Waals surface area contributed by atoms with E-state index in [4.69, 9.17) is 11.6 Å². The molecule has 5 nitrogen and oxygen atoms in total. The lowest BCUT2D eigenvalue weighted by atomic mass is 10.3. The van der Waals surface area contributed by atoms with Crippen LogP contribution in [0.5, 0.6) is 0 Å². The topological polar surface area (TPSA) is 47.9 Å². The number of carbonyl (C=O) groups excluding carboxylic acids is 1. The molecule has 0 unspecified atom stereocenters. The number of Topliss-reactive ketones (excluding diaryl/α,β-unsaturated/α-hetero) is 1. The number of hydrogen-bond donors (Lipinski definition) is 1. The Labute approximate surface area is 127 Å². The maximum atomic E-state index is 11.6. The van der Waals surface area contributed by atoms with Crippen LogP contribution in [0.15, 0.2) is 59.7 Å². The van der Waals surface area contributed by atoms with Gasteiger partial charge in [-0.25, -0.2) is 0 Å². The van der Waals surface area contributed by atoms with E-state index < -0.39 is 0 Å². The first-order chi connectivity index (χ1) is 10.1. The number of benzene rings is 2. The first kappa shape index (κ1) is 13.5. The summed E-state index contributed by atoms with van der Waals surface area (Å²) in [6.07, 6.45) is 0. The Hall–Kier alpha value is -2.53. The van der Waals surface area contributed by atoms with E-state index in [1.54, 1.807) is 22.4 Å². The smallest absolute Gasteiger partial charge is 0.211 e. The number of nitrogens with zero attached hydrogens (tertiary/aromatic N) is 3.